The molecule has 8 N–H and O–H groups in total. The standard InChI is InChI=1S/C3H9N5S2/c4-2(5)3(6,7)10-1(9)8-2/h4-7H2,(H,8,9). The van der Waals surface area contributed by atoms with Gasteiger partial charge in [-0.25, -0.2) is 4.99 Å². The molecule has 0 saturated heterocycles. The predicted octanol–water partition coefficient (Wildman–Crippen LogP) is -1.84. The number of nitrogens with zero attached hydrogens (tertiary/aromatic N) is 1. The number of rotatable bonds is 0. The molecule has 1 aliphatic rings. The molecule has 0 aliphatic carbocycles. The fraction of sp³-hybridized carbons (Fsp3) is 0.667. The van der Waals surface area contributed by atoms with Gasteiger partial charge in [-0.05, 0) is 0 Å². The third-order valence-electron chi connectivity index (χ3n) is 1.17. The van der Waals surface area contributed by atoms with E-state index < -0.39 is 10.8 Å². The Morgan fingerprint density at radius 1 is 1.30 bits per heavy atom. The predicted molar refractivity (Wildman–Crippen MR) is 46.2 cm³/mol. The van der Waals surface area contributed by atoms with Gasteiger partial charge in [0.2, 0.25) is 5.79 Å². The first-order valence-corrected chi connectivity index (χ1v) is 3.75. The highest BCUT2D eigenvalue weighted by Gasteiger charge is 2.46. The van der Waals surface area contributed by atoms with Crippen molar-refractivity contribution in [3.63, 3.8) is 0 Å². The first-order valence-electron chi connectivity index (χ1n) is 2.48. The van der Waals surface area contributed by atoms with E-state index in [0.717, 1.165) is 11.8 Å². The van der Waals surface area contributed by atoms with E-state index in [1.807, 2.05) is 0 Å². The fourth-order valence-electron chi connectivity index (χ4n) is 0.501. The van der Waals surface area contributed by atoms with Crippen molar-refractivity contribution in [2.75, 3.05) is 0 Å². The van der Waals surface area contributed by atoms with Crippen LogP contribution in [0.5, 0.6) is 0 Å². The summed E-state index contributed by atoms with van der Waals surface area (Å²) in [5, 5.41) is 0. The molecule has 0 radical (unpaired) electrons. The maximum atomic E-state index is 5.47. The van der Waals surface area contributed by atoms with Gasteiger partial charge >= 0.3 is 0 Å². The van der Waals surface area contributed by atoms with Crippen LogP contribution in [0.25, 0.3) is 0 Å². The van der Waals surface area contributed by atoms with Gasteiger partial charge in [-0.15, -0.1) is 12.6 Å². The van der Waals surface area contributed by atoms with Crippen molar-refractivity contribution in [1.82, 2.24) is 0 Å². The molecule has 1 aliphatic heterocycles. The average molecular weight is 179 g/mol. The molecule has 0 bridgehead atoms. The average Bonchev–Trinajstić information content (AvgIpc) is 1.73. The van der Waals surface area contributed by atoms with E-state index >= 15 is 0 Å². The van der Waals surface area contributed by atoms with E-state index in [1.54, 1.807) is 0 Å². The van der Waals surface area contributed by atoms with E-state index in [4.69, 9.17) is 22.9 Å². The minimum Gasteiger partial charge on any atom is -0.300 e. The first kappa shape index (κ1) is 8.31. The highest BCUT2D eigenvalue weighted by Crippen LogP contribution is 2.32. The summed E-state index contributed by atoms with van der Waals surface area (Å²) < 4.78 is 0.412. The molecule has 0 fully saturated rings. The zero-order chi connectivity index (χ0) is 7.99. The molecule has 1 heterocycles. The molecular weight excluding hydrogens is 170 g/mol. The van der Waals surface area contributed by atoms with E-state index in [1.165, 1.54) is 0 Å². The second-order valence-electron chi connectivity index (χ2n) is 2.11. The Labute approximate surface area is 68.0 Å². The third kappa shape index (κ3) is 1.16. The fourth-order valence-corrected chi connectivity index (χ4v) is 1.83. The zero-order valence-corrected chi connectivity index (χ0v) is 6.82. The molecule has 0 aromatic carbocycles. The van der Waals surface area contributed by atoms with Crippen molar-refractivity contribution in [3.8, 4) is 0 Å². The zero-order valence-electron chi connectivity index (χ0n) is 5.11. The quantitative estimate of drug-likeness (QED) is 0.221. The Bertz CT molecular complexity index is 185. The highest BCUT2D eigenvalue weighted by atomic mass is 32.2. The molecule has 0 aromatic heterocycles. The van der Waals surface area contributed by atoms with Gasteiger partial charge in [-0.1, -0.05) is 11.8 Å². The monoisotopic (exact) mass is 179 g/mol. The summed E-state index contributed by atoms with van der Waals surface area (Å²) >= 11 is 4.96. The molecule has 58 valence electrons. The van der Waals surface area contributed by atoms with Gasteiger partial charge in [0.1, 0.15) is 4.38 Å². The van der Waals surface area contributed by atoms with Crippen LogP contribution in [0.1, 0.15) is 0 Å². The van der Waals surface area contributed by atoms with Crippen LogP contribution in [0.3, 0.4) is 0 Å². The summed E-state index contributed by atoms with van der Waals surface area (Å²) in [5.74, 6) is -1.41. The van der Waals surface area contributed by atoms with E-state index in [9.17, 15) is 0 Å². The minimum absolute atomic E-state index is 0.412. The lowest BCUT2D eigenvalue weighted by molar-refractivity contribution is 0.353. The summed E-state index contributed by atoms with van der Waals surface area (Å²) in [6.45, 7) is 0. The molecule has 0 atom stereocenters. The van der Waals surface area contributed by atoms with E-state index in [-0.39, 0.29) is 0 Å². The van der Waals surface area contributed by atoms with Crippen LogP contribution in [0.2, 0.25) is 0 Å². The molecule has 0 amide bonds. The Hall–Kier alpha value is 0.210. The van der Waals surface area contributed by atoms with Crippen LogP contribution in [0.15, 0.2) is 4.99 Å². The number of aliphatic imine (C=N–C) groups is 1. The van der Waals surface area contributed by atoms with Crippen LogP contribution in [-0.2, 0) is 0 Å². The summed E-state index contributed by atoms with van der Waals surface area (Å²) in [4.78, 5) is 2.48. The van der Waals surface area contributed by atoms with Crippen LogP contribution < -0.4 is 22.9 Å². The molecule has 7 heteroatoms. The van der Waals surface area contributed by atoms with Gasteiger partial charge in [0.25, 0.3) is 0 Å². The van der Waals surface area contributed by atoms with Gasteiger partial charge in [0.05, 0.1) is 0 Å². The number of nitrogens with two attached hydrogens (primary N) is 4. The highest BCUT2D eigenvalue weighted by molar-refractivity contribution is 8.33. The second kappa shape index (κ2) is 2.10. The van der Waals surface area contributed by atoms with Gasteiger partial charge < -0.3 is 11.5 Å². The summed E-state index contributed by atoms with van der Waals surface area (Å²) in [6, 6.07) is 0. The molecule has 0 saturated carbocycles. The number of hydrogen-bond acceptors (Lipinski definition) is 6. The molecule has 0 aromatic rings. The van der Waals surface area contributed by atoms with E-state index in [0.29, 0.717) is 4.38 Å². The lowest BCUT2D eigenvalue weighted by atomic mass is 10.3. The van der Waals surface area contributed by atoms with Crippen molar-refractivity contribution in [3.05, 3.63) is 0 Å². The Morgan fingerprint density at radius 2 is 1.80 bits per heavy atom. The molecule has 5 nitrogen and oxygen atoms in total. The van der Waals surface area contributed by atoms with Crippen molar-refractivity contribution < 1.29 is 0 Å². The summed E-state index contributed by atoms with van der Waals surface area (Å²) in [5.41, 5.74) is 21.8. The normalized spacial score (nSPS) is 28.3. The van der Waals surface area contributed by atoms with Crippen molar-refractivity contribution >= 4 is 28.8 Å². The van der Waals surface area contributed by atoms with Crippen LogP contribution in [0.4, 0.5) is 0 Å². The van der Waals surface area contributed by atoms with Gasteiger partial charge in [0.15, 0.2) is 4.99 Å². The molecule has 0 spiro atoms. The maximum Gasteiger partial charge on any atom is 0.203 e. The van der Waals surface area contributed by atoms with Crippen molar-refractivity contribution in [2.24, 2.45) is 27.9 Å². The first-order chi connectivity index (χ1) is 4.35. The molecule has 10 heavy (non-hydrogen) atoms. The van der Waals surface area contributed by atoms with Crippen LogP contribution in [-0.4, -0.2) is 15.2 Å². The third-order valence-corrected chi connectivity index (χ3v) is 2.48. The Morgan fingerprint density at radius 3 is 1.90 bits per heavy atom. The Balaban J connectivity index is 2.92. The lowest BCUT2D eigenvalue weighted by Gasteiger charge is -2.29. The Kier molecular flexibility index (Phi) is 1.74. The topological polar surface area (TPSA) is 116 Å². The maximum absolute atomic E-state index is 5.47. The van der Waals surface area contributed by atoms with E-state index in [2.05, 4.69) is 17.6 Å². The SMILES string of the molecule is NC1(N)N=C(S)SC1(N)N. The molecular formula is C3H9N5S2. The molecule has 1 rings (SSSR count). The summed E-state index contributed by atoms with van der Waals surface area (Å²) in [6.07, 6.45) is 0. The van der Waals surface area contributed by atoms with Gasteiger partial charge in [-0.3, -0.25) is 11.5 Å². The number of thioether (sulfide) groups is 1. The lowest BCUT2D eigenvalue weighted by Crippen LogP contribution is -2.71. The van der Waals surface area contributed by atoms with Gasteiger partial charge in [0, 0.05) is 0 Å². The van der Waals surface area contributed by atoms with Gasteiger partial charge in [-0.2, -0.15) is 0 Å². The van der Waals surface area contributed by atoms with Crippen LogP contribution in [0, 0.1) is 0 Å². The summed E-state index contributed by atoms with van der Waals surface area (Å²) in [7, 11) is 0. The number of thiol groups is 1. The van der Waals surface area contributed by atoms with Crippen LogP contribution >= 0.6 is 24.4 Å². The van der Waals surface area contributed by atoms with Crippen molar-refractivity contribution in [1.29, 1.82) is 0 Å². The smallest absolute Gasteiger partial charge is 0.203 e. The number of hydrogen-bond donors (Lipinski definition) is 5. The minimum atomic E-state index is -1.41. The van der Waals surface area contributed by atoms with Crippen molar-refractivity contribution in [2.45, 2.75) is 10.8 Å². The second-order valence-corrected chi connectivity index (χ2v) is 4.11. The molecule has 0 unspecified atom stereocenters. The largest absolute Gasteiger partial charge is 0.300 e.